The Labute approximate surface area is 137 Å². The number of hydrogen-bond acceptors (Lipinski definition) is 6. The topological polar surface area (TPSA) is 81.7 Å². The molecule has 0 saturated heterocycles. The predicted octanol–water partition coefficient (Wildman–Crippen LogP) is 2.18. The largest absolute Gasteiger partial charge is 0.496 e. The number of benzene rings is 1. The van der Waals surface area contributed by atoms with Crippen LogP contribution in [0.2, 0.25) is 0 Å². The summed E-state index contributed by atoms with van der Waals surface area (Å²) in [4.78, 5) is 35.8. The molecular weight excluding hydrogens is 318 g/mol. The second kappa shape index (κ2) is 7.55. The lowest BCUT2D eigenvalue weighted by molar-refractivity contribution is -0.123. The van der Waals surface area contributed by atoms with Crippen molar-refractivity contribution < 1.29 is 23.9 Å². The Bertz CT molecular complexity index is 724. The summed E-state index contributed by atoms with van der Waals surface area (Å²) in [5.74, 6) is -1.54. The van der Waals surface area contributed by atoms with E-state index in [1.807, 2.05) is 6.92 Å². The van der Waals surface area contributed by atoms with Crippen molar-refractivity contribution in [3.63, 3.8) is 0 Å². The average Bonchev–Trinajstić information content (AvgIpc) is 3.07. The number of hydrogen-bond donors (Lipinski definition) is 1. The first-order valence-electron chi connectivity index (χ1n) is 6.70. The minimum absolute atomic E-state index is 0.227. The predicted molar refractivity (Wildman–Crippen MR) is 84.8 cm³/mol. The standard InChI is InChI=1S/C16H15NO5S/c1-10-5-6-12(21-2)11(8-10)16(20)22-9-14(18)17-15(19)13-4-3-7-23-13/h3-8H,9H2,1-2H3,(H,17,18,19). The number of esters is 1. The van der Waals surface area contributed by atoms with Crippen LogP contribution in [0, 0.1) is 6.92 Å². The summed E-state index contributed by atoms with van der Waals surface area (Å²) in [6.07, 6.45) is 0. The second-order valence-electron chi connectivity index (χ2n) is 4.63. The van der Waals surface area contributed by atoms with E-state index in [4.69, 9.17) is 9.47 Å². The highest BCUT2D eigenvalue weighted by atomic mass is 32.1. The SMILES string of the molecule is COc1ccc(C)cc1C(=O)OCC(=O)NC(=O)c1cccs1. The number of aryl methyl sites for hydroxylation is 1. The molecule has 7 heteroatoms. The van der Waals surface area contributed by atoms with Gasteiger partial charge in [0.2, 0.25) is 0 Å². The molecule has 1 N–H and O–H groups in total. The van der Waals surface area contributed by atoms with Crippen LogP contribution in [0.1, 0.15) is 25.6 Å². The van der Waals surface area contributed by atoms with Crippen molar-refractivity contribution >= 4 is 29.1 Å². The van der Waals surface area contributed by atoms with E-state index in [1.54, 1.807) is 35.7 Å². The molecule has 0 aliphatic rings. The van der Waals surface area contributed by atoms with E-state index in [2.05, 4.69) is 5.32 Å². The van der Waals surface area contributed by atoms with Crippen LogP contribution in [0.5, 0.6) is 5.75 Å². The summed E-state index contributed by atoms with van der Waals surface area (Å²) >= 11 is 1.21. The molecule has 2 rings (SSSR count). The zero-order chi connectivity index (χ0) is 16.8. The Kier molecular flexibility index (Phi) is 5.48. The van der Waals surface area contributed by atoms with E-state index in [1.165, 1.54) is 18.4 Å². The van der Waals surface area contributed by atoms with Crippen molar-refractivity contribution in [2.75, 3.05) is 13.7 Å². The van der Waals surface area contributed by atoms with Gasteiger partial charge >= 0.3 is 5.97 Å². The highest BCUT2D eigenvalue weighted by Gasteiger charge is 2.17. The molecule has 0 saturated carbocycles. The molecule has 0 fully saturated rings. The smallest absolute Gasteiger partial charge is 0.342 e. The summed E-state index contributed by atoms with van der Waals surface area (Å²) in [6, 6.07) is 8.34. The molecule has 0 atom stereocenters. The highest BCUT2D eigenvalue weighted by molar-refractivity contribution is 7.12. The van der Waals surface area contributed by atoms with Gasteiger partial charge in [-0.1, -0.05) is 17.7 Å². The summed E-state index contributed by atoms with van der Waals surface area (Å²) in [7, 11) is 1.44. The number of thiophene rings is 1. The third-order valence-electron chi connectivity index (χ3n) is 2.91. The molecule has 0 bridgehead atoms. The quantitative estimate of drug-likeness (QED) is 0.848. The summed E-state index contributed by atoms with van der Waals surface area (Å²) in [5.41, 5.74) is 1.08. The lowest BCUT2D eigenvalue weighted by atomic mass is 10.1. The number of carbonyl (C=O) groups is 3. The first kappa shape index (κ1) is 16.7. The molecule has 0 aliphatic carbocycles. The maximum atomic E-state index is 12.0. The van der Waals surface area contributed by atoms with Gasteiger partial charge in [-0.05, 0) is 30.5 Å². The number of imide groups is 1. The van der Waals surface area contributed by atoms with Crippen molar-refractivity contribution in [1.29, 1.82) is 0 Å². The van der Waals surface area contributed by atoms with Crippen molar-refractivity contribution in [2.45, 2.75) is 6.92 Å². The fraction of sp³-hybridized carbons (Fsp3) is 0.188. The van der Waals surface area contributed by atoms with Gasteiger partial charge in [-0.15, -0.1) is 11.3 Å². The van der Waals surface area contributed by atoms with Crippen LogP contribution in [0.4, 0.5) is 0 Å². The molecule has 23 heavy (non-hydrogen) atoms. The van der Waals surface area contributed by atoms with Gasteiger partial charge < -0.3 is 9.47 Å². The maximum absolute atomic E-state index is 12.0. The molecule has 1 aromatic carbocycles. The number of amides is 2. The van der Waals surface area contributed by atoms with Gasteiger partial charge in [0, 0.05) is 0 Å². The number of ether oxygens (including phenoxy) is 2. The first-order chi connectivity index (χ1) is 11.0. The Hall–Kier alpha value is -2.67. The zero-order valence-electron chi connectivity index (χ0n) is 12.6. The minimum atomic E-state index is -0.691. The fourth-order valence-electron chi connectivity index (χ4n) is 1.82. The molecule has 1 heterocycles. The van der Waals surface area contributed by atoms with Crippen LogP contribution in [0.15, 0.2) is 35.7 Å². The van der Waals surface area contributed by atoms with Gasteiger partial charge in [-0.25, -0.2) is 4.79 Å². The molecule has 0 spiro atoms. The number of methoxy groups -OCH3 is 1. The van der Waals surface area contributed by atoms with Gasteiger partial charge in [-0.3, -0.25) is 14.9 Å². The monoisotopic (exact) mass is 333 g/mol. The molecule has 1 aromatic heterocycles. The van der Waals surface area contributed by atoms with Gasteiger partial charge in [0.15, 0.2) is 6.61 Å². The Morgan fingerprint density at radius 1 is 1.22 bits per heavy atom. The molecule has 0 aliphatic heterocycles. The van der Waals surface area contributed by atoms with Gasteiger partial charge in [0.05, 0.1) is 12.0 Å². The normalized spacial score (nSPS) is 10.0. The summed E-state index contributed by atoms with van der Waals surface area (Å²) < 4.78 is 10.0. The summed E-state index contributed by atoms with van der Waals surface area (Å²) in [6.45, 7) is 1.27. The van der Waals surface area contributed by atoms with Gasteiger partial charge in [0.1, 0.15) is 11.3 Å². The van der Waals surface area contributed by atoms with E-state index >= 15 is 0 Å². The van der Waals surface area contributed by atoms with Gasteiger partial charge in [-0.2, -0.15) is 0 Å². The molecule has 2 amide bonds. The van der Waals surface area contributed by atoms with Crippen LogP contribution in [-0.4, -0.2) is 31.5 Å². The second-order valence-corrected chi connectivity index (χ2v) is 5.58. The van der Waals surface area contributed by atoms with Crippen LogP contribution in [0.3, 0.4) is 0 Å². The minimum Gasteiger partial charge on any atom is -0.496 e. The van der Waals surface area contributed by atoms with E-state index < -0.39 is 24.4 Å². The Balaban J connectivity index is 1.93. The molecular formula is C16H15NO5S. The number of rotatable bonds is 5. The molecule has 0 unspecified atom stereocenters. The van der Waals surface area contributed by atoms with Crippen LogP contribution >= 0.6 is 11.3 Å². The molecule has 0 radical (unpaired) electrons. The average molecular weight is 333 g/mol. The van der Waals surface area contributed by atoms with Gasteiger partial charge in [0.25, 0.3) is 11.8 Å². The van der Waals surface area contributed by atoms with E-state index in [0.717, 1.165) is 5.56 Å². The Morgan fingerprint density at radius 2 is 2.00 bits per heavy atom. The van der Waals surface area contributed by atoms with Crippen LogP contribution < -0.4 is 10.1 Å². The van der Waals surface area contributed by atoms with E-state index in [0.29, 0.717) is 10.6 Å². The lowest BCUT2D eigenvalue weighted by Crippen LogP contribution is -2.33. The van der Waals surface area contributed by atoms with Crippen LogP contribution in [0.25, 0.3) is 0 Å². The van der Waals surface area contributed by atoms with Crippen molar-refractivity contribution in [2.24, 2.45) is 0 Å². The number of carbonyl (C=O) groups excluding carboxylic acids is 3. The first-order valence-corrected chi connectivity index (χ1v) is 7.58. The number of nitrogens with one attached hydrogen (secondary N) is 1. The molecule has 6 nitrogen and oxygen atoms in total. The van der Waals surface area contributed by atoms with Crippen molar-refractivity contribution in [3.05, 3.63) is 51.7 Å². The summed E-state index contributed by atoms with van der Waals surface area (Å²) in [5, 5.41) is 3.88. The van der Waals surface area contributed by atoms with Crippen molar-refractivity contribution in [1.82, 2.24) is 5.32 Å². The van der Waals surface area contributed by atoms with Crippen LogP contribution in [-0.2, 0) is 9.53 Å². The highest BCUT2D eigenvalue weighted by Crippen LogP contribution is 2.20. The Morgan fingerprint density at radius 3 is 2.65 bits per heavy atom. The van der Waals surface area contributed by atoms with Crippen molar-refractivity contribution in [3.8, 4) is 5.75 Å². The third-order valence-corrected chi connectivity index (χ3v) is 3.78. The van der Waals surface area contributed by atoms with E-state index in [-0.39, 0.29) is 5.56 Å². The third kappa shape index (κ3) is 4.40. The molecule has 2 aromatic rings. The van der Waals surface area contributed by atoms with E-state index in [9.17, 15) is 14.4 Å². The zero-order valence-corrected chi connectivity index (χ0v) is 13.4. The maximum Gasteiger partial charge on any atom is 0.342 e. The molecule has 120 valence electrons. The fourth-order valence-corrected chi connectivity index (χ4v) is 2.44. The lowest BCUT2D eigenvalue weighted by Gasteiger charge is -2.09.